The minimum atomic E-state index is -3.18. The lowest BCUT2D eigenvalue weighted by Crippen LogP contribution is -2.29. The zero-order chi connectivity index (χ0) is 14.7. The summed E-state index contributed by atoms with van der Waals surface area (Å²) in [4.78, 5) is 2.74. The van der Waals surface area contributed by atoms with Crippen molar-refractivity contribution in [2.24, 2.45) is 0 Å². The van der Waals surface area contributed by atoms with Gasteiger partial charge in [0.25, 0.3) is 0 Å². The third-order valence-corrected chi connectivity index (χ3v) is 6.45. The van der Waals surface area contributed by atoms with E-state index >= 15 is 0 Å². The maximum absolute atomic E-state index is 12.4. The highest BCUT2D eigenvalue weighted by Gasteiger charge is 2.27. The first-order valence-electron chi connectivity index (χ1n) is 7.21. The van der Waals surface area contributed by atoms with Crippen LogP contribution < -0.4 is 0 Å². The molecule has 112 valence electrons. The molecule has 0 bridgehead atoms. The van der Waals surface area contributed by atoms with Crippen molar-refractivity contribution in [3.8, 4) is 0 Å². The molecule has 21 heavy (non-hydrogen) atoms. The summed E-state index contributed by atoms with van der Waals surface area (Å²) in [7, 11) is -3.18. The Labute approximate surface area is 130 Å². The molecule has 0 spiro atoms. The van der Waals surface area contributed by atoms with E-state index in [-0.39, 0.29) is 5.75 Å². The lowest BCUT2D eigenvalue weighted by Gasteiger charge is -2.23. The molecule has 0 radical (unpaired) electrons. The Bertz CT molecular complexity index is 666. The summed E-state index contributed by atoms with van der Waals surface area (Å²) in [6.45, 7) is 1.60. The van der Waals surface area contributed by atoms with E-state index in [4.69, 9.17) is 0 Å². The van der Waals surface area contributed by atoms with Gasteiger partial charge in [0.2, 0.25) is 0 Å². The van der Waals surface area contributed by atoms with Crippen molar-refractivity contribution < 1.29 is 8.42 Å². The Hall–Kier alpha value is -1.17. The van der Waals surface area contributed by atoms with Gasteiger partial charge in [0.05, 0.1) is 10.6 Å². The van der Waals surface area contributed by atoms with E-state index in [1.807, 2.05) is 6.07 Å². The first kappa shape index (κ1) is 14.8. The van der Waals surface area contributed by atoms with Crippen LogP contribution in [0.3, 0.4) is 0 Å². The van der Waals surface area contributed by atoms with Crippen LogP contribution in [0, 0.1) is 0 Å². The molecule has 5 heteroatoms. The van der Waals surface area contributed by atoms with Gasteiger partial charge in [0.15, 0.2) is 9.84 Å². The van der Waals surface area contributed by atoms with Gasteiger partial charge in [-0.05, 0) is 53.9 Å². The molecule has 2 aromatic rings. The van der Waals surface area contributed by atoms with Crippen molar-refractivity contribution >= 4 is 21.2 Å². The molecule has 1 aliphatic rings. The van der Waals surface area contributed by atoms with Crippen molar-refractivity contribution in [2.45, 2.75) is 23.8 Å². The quantitative estimate of drug-likeness (QED) is 0.847. The van der Waals surface area contributed by atoms with Gasteiger partial charge in [-0.15, -0.1) is 0 Å². The van der Waals surface area contributed by atoms with E-state index in [1.165, 1.54) is 5.56 Å². The van der Waals surface area contributed by atoms with Crippen LogP contribution in [0.25, 0.3) is 0 Å². The highest BCUT2D eigenvalue weighted by Crippen LogP contribution is 2.32. The number of hydrogen-bond acceptors (Lipinski definition) is 4. The molecular weight excluding hydrogens is 302 g/mol. The molecule has 3 rings (SSSR count). The van der Waals surface area contributed by atoms with Crippen molar-refractivity contribution in [2.75, 3.05) is 18.8 Å². The Balaban J connectivity index is 1.67. The second-order valence-corrected chi connectivity index (χ2v) is 8.27. The van der Waals surface area contributed by atoms with Crippen LogP contribution in [0.5, 0.6) is 0 Å². The number of thiophene rings is 1. The molecule has 0 saturated carbocycles. The summed E-state index contributed by atoms with van der Waals surface area (Å²) in [6.07, 6.45) is 2.27. The normalized spacial score (nSPS) is 19.9. The molecule has 2 heterocycles. The Morgan fingerprint density at radius 2 is 2.00 bits per heavy atom. The summed E-state index contributed by atoms with van der Waals surface area (Å²) in [5.74, 6) is 0.192. The Kier molecular flexibility index (Phi) is 4.42. The highest BCUT2D eigenvalue weighted by molar-refractivity contribution is 7.91. The molecule has 1 unspecified atom stereocenters. The van der Waals surface area contributed by atoms with E-state index in [0.29, 0.717) is 17.5 Å². The number of nitrogens with zero attached hydrogens (tertiary/aromatic N) is 1. The molecule has 1 aromatic heterocycles. The minimum Gasteiger partial charge on any atom is -0.295 e. The fourth-order valence-corrected chi connectivity index (χ4v) is 4.91. The zero-order valence-electron chi connectivity index (χ0n) is 11.8. The standard InChI is InChI=1S/C16H19NO2S2/c18-21(19,15-5-2-1-3-6-15)12-10-17-9-4-7-16(17)14-8-11-20-13-14/h1-3,5-6,8,11,13,16H,4,7,9-10,12H2. The third kappa shape index (κ3) is 3.36. The van der Waals surface area contributed by atoms with Gasteiger partial charge < -0.3 is 0 Å². The molecule has 3 nitrogen and oxygen atoms in total. The van der Waals surface area contributed by atoms with E-state index in [9.17, 15) is 8.42 Å². The number of benzene rings is 1. The fourth-order valence-electron chi connectivity index (χ4n) is 2.92. The number of sulfone groups is 1. The van der Waals surface area contributed by atoms with Gasteiger partial charge in [-0.1, -0.05) is 18.2 Å². The predicted octanol–water partition coefficient (Wildman–Crippen LogP) is 3.36. The van der Waals surface area contributed by atoms with Crippen molar-refractivity contribution in [3.05, 3.63) is 52.7 Å². The van der Waals surface area contributed by atoms with Crippen LogP contribution in [-0.4, -0.2) is 32.2 Å². The largest absolute Gasteiger partial charge is 0.295 e. The number of rotatable bonds is 5. The first-order valence-corrected chi connectivity index (χ1v) is 9.80. The molecule has 1 saturated heterocycles. The molecular formula is C16H19NO2S2. The van der Waals surface area contributed by atoms with Crippen LogP contribution in [-0.2, 0) is 9.84 Å². The van der Waals surface area contributed by atoms with Crippen molar-refractivity contribution in [3.63, 3.8) is 0 Å². The van der Waals surface area contributed by atoms with Crippen molar-refractivity contribution in [1.82, 2.24) is 4.90 Å². The van der Waals surface area contributed by atoms with Gasteiger partial charge >= 0.3 is 0 Å². The summed E-state index contributed by atoms with van der Waals surface area (Å²) in [5.41, 5.74) is 1.33. The van der Waals surface area contributed by atoms with E-state index < -0.39 is 9.84 Å². The van der Waals surface area contributed by atoms with Crippen molar-refractivity contribution in [1.29, 1.82) is 0 Å². The van der Waals surface area contributed by atoms with Crippen LogP contribution in [0.15, 0.2) is 52.1 Å². The monoisotopic (exact) mass is 321 g/mol. The fraction of sp³-hybridized carbons (Fsp3) is 0.375. The summed E-state index contributed by atoms with van der Waals surface area (Å²) < 4.78 is 24.7. The second-order valence-electron chi connectivity index (χ2n) is 5.38. The molecule has 0 aliphatic carbocycles. The average Bonchev–Trinajstić information content (AvgIpc) is 3.17. The maximum Gasteiger partial charge on any atom is 0.179 e. The summed E-state index contributed by atoms with van der Waals surface area (Å²) in [6, 6.07) is 11.3. The highest BCUT2D eigenvalue weighted by atomic mass is 32.2. The molecule has 1 atom stereocenters. The van der Waals surface area contributed by atoms with Gasteiger partial charge in [-0.25, -0.2) is 8.42 Å². The van der Waals surface area contributed by atoms with Gasteiger partial charge in [0, 0.05) is 12.6 Å². The number of hydrogen-bond donors (Lipinski definition) is 0. The maximum atomic E-state index is 12.4. The lowest BCUT2D eigenvalue weighted by atomic mass is 10.1. The van der Waals surface area contributed by atoms with Crippen LogP contribution in [0.4, 0.5) is 0 Å². The van der Waals surface area contributed by atoms with E-state index in [0.717, 1.165) is 19.4 Å². The second kappa shape index (κ2) is 6.30. The number of likely N-dealkylation sites (tertiary alicyclic amines) is 1. The van der Waals surface area contributed by atoms with Gasteiger partial charge in [-0.2, -0.15) is 11.3 Å². The topological polar surface area (TPSA) is 37.4 Å². The van der Waals surface area contributed by atoms with Gasteiger partial charge in [0.1, 0.15) is 0 Å². The zero-order valence-corrected chi connectivity index (χ0v) is 13.4. The first-order chi connectivity index (χ1) is 10.2. The summed E-state index contributed by atoms with van der Waals surface area (Å²) >= 11 is 1.70. The molecule has 0 N–H and O–H groups in total. The van der Waals surface area contributed by atoms with Crippen LogP contribution in [0.1, 0.15) is 24.4 Å². The Morgan fingerprint density at radius 3 is 2.71 bits per heavy atom. The van der Waals surface area contributed by atoms with E-state index in [2.05, 4.69) is 21.7 Å². The van der Waals surface area contributed by atoms with Gasteiger partial charge in [-0.3, -0.25) is 4.90 Å². The lowest BCUT2D eigenvalue weighted by molar-refractivity contribution is 0.273. The molecule has 1 aromatic carbocycles. The third-order valence-electron chi connectivity index (χ3n) is 4.04. The molecule has 0 amide bonds. The Morgan fingerprint density at radius 1 is 1.19 bits per heavy atom. The molecule has 1 fully saturated rings. The molecule has 1 aliphatic heterocycles. The van der Waals surface area contributed by atoms with Crippen LogP contribution in [0.2, 0.25) is 0 Å². The smallest absolute Gasteiger partial charge is 0.179 e. The SMILES string of the molecule is O=S(=O)(CCN1CCCC1c1ccsc1)c1ccccc1. The van der Waals surface area contributed by atoms with Crippen LogP contribution >= 0.6 is 11.3 Å². The average molecular weight is 321 g/mol. The predicted molar refractivity (Wildman–Crippen MR) is 86.4 cm³/mol. The summed E-state index contributed by atoms with van der Waals surface area (Å²) in [5, 5.41) is 4.27. The minimum absolute atomic E-state index is 0.192. The van der Waals surface area contributed by atoms with E-state index in [1.54, 1.807) is 35.6 Å².